The molecular formula is C33H37F3N6O2. The van der Waals surface area contributed by atoms with Crippen molar-refractivity contribution < 1.29 is 22.8 Å². The standard InChI is InChI=1S/C33H37F3N6O2/c34-33(35,36)26-9-5-23(6-10-26)19-30(31(43)20-24-17-25-3-1-2-4-29(25)40-21-24)41-32(44)28(39)18-22-7-11-27(12-8-22)42(15-13-37)16-14-38/h1-12,17,21,28,30H,13-16,18-20,37-39H2,(H,41,44)/t28-,30-/m0/s1. The normalized spacial score (nSPS) is 13.0. The van der Waals surface area contributed by atoms with Crippen molar-refractivity contribution in [2.75, 3.05) is 31.1 Å². The Balaban J connectivity index is 1.48. The van der Waals surface area contributed by atoms with Crippen LogP contribution in [0.2, 0.25) is 0 Å². The van der Waals surface area contributed by atoms with Gasteiger partial charge in [-0.25, -0.2) is 0 Å². The van der Waals surface area contributed by atoms with E-state index in [9.17, 15) is 22.8 Å². The first-order chi connectivity index (χ1) is 21.1. The van der Waals surface area contributed by atoms with Crippen molar-refractivity contribution in [1.29, 1.82) is 0 Å². The molecule has 1 heterocycles. The van der Waals surface area contributed by atoms with Gasteiger partial charge in [-0.2, -0.15) is 13.2 Å². The number of fused-ring (bicyclic) bond motifs is 1. The highest BCUT2D eigenvalue weighted by molar-refractivity contribution is 5.92. The molecule has 11 heteroatoms. The van der Waals surface area contributed by atoms with Gasteiger partial charge in [0.05, 0.1) is 23.2 Å². The number of hydrogen-bond donors (Lipinski definition) is 4. The van der Waals surface area contributed by atoms with Crippen LogP contribution in [0.25, 0.3) is 10.9 Å². The van der Waals surface area contributed by atoms with E-state index in [0.29, 0.717) is 37.3 Å². The van der Waals surface area contributed by atoms with Gasteiger partial charge in [-0.15, -0.1) is 0 Å². The van der Waals surface area contributed by atoms with Crippen LogP contribution in [0.1, 0.15) is 22.3 Å². The molecule has 0 fully saturated rings. The van der Waals surface area contributed by atoms with E-state index >= 15 is 0 Å². The number of benzene rings is 3. The van der Waals surface area contributed by atoms with Gasteiger partial charge >= 0.3 is 6.18 Å². The number of ketones is 1. The van der Waals surface area contributed by atoms with E-state index < -0.39 is 29.7 Å². The van der Waals surface area contributed by atoms with E-state index in [0.717, 1.165) is 34.3 Å². The first-order valence-electron chi connectivity index (χ1n) is 14.4. The number of amides is 1. The van der Waals surface area contributed by atoms with Crippen LogP contribution in [0.15, 0.2) is 85.1 Å². The summed E-state index contributed by atoms with van der Waals surface area (Å²) < 4.78 is 39.3. The van der Waals surface area contributed by atoms with Gasteiger partial charge in [-0.05, 0) is 65.9 Å². The van der Waals surface area contributed by atoms with Gasteiger partial charge in [0.1, 0.15) is 0 Å². The molecule has 8 nitrogen and oxygen atoms in total. The zero-order valence-corrected chi connectivity index (χ0v) is 24.3. The molecule has 0 saturated heterocycles. The SMILES string of the molecule is NCCN(CCN)c1ccc(C[C@H](N)C(=O)N[C@@H](Cc2ccc(C(F)(F)F)cc2)C(=O)Cc2cnc3ccccc3c2)cc1. The van der Waals surface area contributed by atoms with Crippen molar-refractivity contribution in [2.45, 2.75) is 37.5 Å². The number of nitrogens with one attached hydrogen (secondary N) is 1. The highest BCUT2D eigenvalue weighted by Gasteiger charge is 2.30. The van der Waals surface area contributed by atoms with Gasteiger partial charge in [-0.3, -0.25) is 14.6 Å². The zero-order valence-electron chi connectivity index (χ0n) is 24.3. The highest BCUT2D eigenvalue weighted by atomic mass is 19.4. The Hall–Kier alpha value is -4.32. The van der Waals surface area contributed by atoms with Crippen LogP contribution >= 0.6 is 0 Å². The second-order valence-corrected chi connectivity index (χ2v) is 10.7. The predicted molar refractivity (Wildman–Crippen MR) is 166 cm³/mol. The number of anilines is 1. The van der Waals surface area contributed by atoms with Crippen molar-refractivity contribution in [3.8, 4) is 0 Å². The molecule has 4 rings (SSSR count). The van der Waals surface area contributed by atoms with Gasteiger partial charge < -0.3 is 27.4 Å². The molecule has 0 spiro atoms. The lowest BCUT2D eigenvalue weighted by atomic mass is 9.96. The molecule has 1 amide bonds. The van der Waals surface area contributed by atoms with Crippen LogP contribution in [0.5, 0.6) is 0 Å². The van der Waals surface area contributed by atoms with Crippen LogP contribution in [0.4, 0.5) is 18.9 Å². The minimum atomic E-state index is -4.48. The maximum atomic E-state index is 13.5. The van der Waals surface area contributed by atoms with Crippen LogP contribution in [-0.4, -0.2) is 54.9 Å². The molecule has 0 aliphatic heterocycles. The molecule has 7 N–H and O–H groups in total. The minimum Gasteiger partial charge on any atom is -0.369 e. The average Bonchev–Trinajstić information content (AvgIpc) is 3.00. The average molecular weight is 607 g/mol. The van der Waals surface area contributed by atoms with Crippen LogP contribution in [0.3, 0.4) is 0 Å². The molecular weight excluding hydrogens is 569 g/mol. The fourth-order valence-electron chi connectivity index (χ4n) is 5.00. The number of rotatable bonds is 14. The predicted octanol–water partition coefficient (Wildman–Crippen LogP) is 3.39. The number of aromatic nitrogens is 1. The Kier molecular flexibility index (Phi) is 11.0. The Bertz CT molecular complexity index is 1540. The Morgan fingerprint density at radius 2 is 1.45 bits per heavy atom. The van der Waals surface area contributed by atoms with Gasteiger partial charge in [0.25, 0.3) is 0 Å². The van der Waals surface area contributed by atoms with Gasteiger partial charge in [-0.1, -0.05) is 42.5 Å². The summed E-state index contributed by atoms with van der Waals surface area (Å²) in [5.74, 6) is -0.851. The number of Topliss-reactive ketones (excluding diaryl/α,β-unsaturated/α-hetero) is 1. The molecule has 0 bridgehead atoms. The summed E-state index contributed by atoms with van der Waals surface area (Å²) in [5, 5.41) is 3.62. The number of carbonyl (C=O) groups is 2. The molecule has 0 radical (unpaired) electrons. The topological polar surface area (TPSA) is 140 Å². The smallest absolute Gasteiger partial charge is 0.369 e. The summed E-state index contributed by atoms with van der Waals surface area (Å²) >= 11 is 0. The van der Waals surface area contributed by atoms with Crippen molar-refractivity contribution >= 4 is 28.3 Å². The quantitative estimate of drug-likeness (QED) is 0.173. The Labute approximate surface area is 254 Å². The van der Waals surface area contributed by atoms with Gasteiger partial charge in [0.2, 0.25) is 5.91 Å². The summed E-state index contributed by atoms with van der Waals surface area (Å²) in [7, 11) is 0. The first-order valence-corrected chi connectivity index (χ1v) is 14.4. The summed E-state index contributed by atoms with van der Waals surface area (Å²) in [6.07, 6.45) is -2.68. The van der Waals surface area contributed by atoms with E-state index in [2.05, 4.69) is 15.2 Å². The number of hydrogen-bond acceptors (Lipinski definition) is 7. The molecule has 0 aliphatic carbocycles. The lowest BCUT2D eigenvalue weighted by molar-refractivity contribution is -0.137. The number of nitrogens with zero attached hydrogens (tertiary/aromatic N) is 2. The summed E-state index contributed by atoms with van der Waals surface area (Å²) in [5.41, 5.74) is 20.6. The largest absolute Gasteiger partial charge is 0.416 e. The molecule has 44 heavy (non-hydrogen) atoms. The van der Waals surface area contributed by atoms with Crippen molar-refractivity contribution in [3.63, 3.8) is 0 Å². The van der Waals surface area contributed by atoms with E-state index in [-0.39, 0.29) is 25.0 Å². The minimum absolute atomic E-state index is 0.00323. The van der Waals surface area contributed by atoms with Crippen molar-refractivity contribution in [2.24, 2.45) is 17.2 Å². The van der Waals surface area contributed by atoms with Crippen LogP contribution < -0.4 is 27.4 Å². The van der Waals surface area contributed by atoms with Gasteiger partial charge in [0, 0.05) is 49.9 Å². The molecule has 4 aromatic rings. The summed E-state index contributed by atoms with van der Waals surface area (Å²) in [6, 6.07) is 19.5. The second kappa shape index (κ2) is 14.9. The number of pyridine rings is 1. The fourth-order valence-corrected chi connectivity index (χ4v) is 5.00. The molecule has 0 aliphatic rings. The number of para-hydroxylation sites is 1. The number of halogens is 3. The molecule has 2 atom stereocenters. The third-order valence-corrected chi connectivity index (χ3v) is 7.34. The lowest BCUT2D eigenvalue weighted by Crippen LogP contribution is -2.50. The summed E-state index contributed by atoms with van der Waals surface area (Å²) in [6.45, 7) is 2.28. The second-order valence-electron chi connectivity index (χ2n) is 10.7. The lowest BCUT2D eigenvalue weighted by Gasteiger charge is -2.24. The highest BCUT2D eigenvalue weighted by Crippen LogP contribution is 2.29. The van der Waals surface area contributed by atoms with E-state index in [1.807, 2.05) is 54.6 Å². The van der Waals surface area contributed by atoms with E-state index in [4.69, 9.17) is 17.2 Å². The van der Waals surface area contributed by atoms with Crippen molar-refractivity contribution in [3.05, 3.63) is 107 Å². The van der Waals surface area contributed by atoms with Crippen LogP contribution in [0, 0.1) is 0 Å². The maximum Gasteiger partial charge on any atom is 0.416 e. The summed E-state index contributed by atoms with van der Waals surface area (Å²) in [4.78, 5) is 33.2. The molecule has 232 valence electrons. The fraction of sp³-hybridized carbons (Fsp3) is 0.303. The third-order valence-electron chi connectivity index (χ3n) is 7.34. The van der Waals surface area contributed by atoms with Gasteiger partial charge in [0.15, 0.2) is 5.78 Å². The number of carbonyl (C=O) groups excluding carboxylic acids is 2. The zero-order chi connectivity index (χ0) is 31.7. The molecule has 3 aromatic carbocycles. The molecule has 0 unspecified atom stereocenters. The Morgan fingerprint density at radius 1 is 0.841 bits per heavy atom. The number of nitrogens with two attached hydrogens (primary N) is 3. The Morgan fingerprint density at radius 3 is 2.09 bits per heavy atom. The van der Waals surface area contributed by atoms with E-state index in [1.54, 1.807) is 6.20 Å². The van der Waals surface area contributed by atoms with Crippen molar-refractivity contribution in [1.82, 2.24) is 10.3 Å². The monoisotopic (exact) mass is 606 g/mol. The molecule has 1 aromatic heterocycles. The first kappa shape index (κ1) is 32.6. The van der Waals surface area contributed by atoms with Crippen LogP contribution in [-0.2, 0) is 35.0 Å². The molecule has 0 saturated carbocycles. The third kappa shape index (κ3) is 8.85. The van der Waals surface area contributed by atoms with E-state index in [1.165, 1.54) is 12.1 Å². The maximum absolute atomic E-state index is 13.5. The number of alkyl halides is 3.